The van der Waals surface area contributed by atoms with Crippen LogP contribution in [0, 0.1) is 0 Å². The van der Waals surface area contributed by atoms with Crippen LogP contribution in [0.3, 0.4) is 0 Å². The highest BCUT2D eigenvalue weighted by Gasteiger charge is 2.33. The second-order valence-corrected chi connectivity index (χ2v) is 6.89. The van der Waals surface area contributed by atoms with Crippen LogP contribution >= 0.6 is 0 Å². The van der Waals surface area contributed by atoms with Crippen molar-refractivity contribution in [1.82, 2.24) is 4.90 Å². The number of rotatable bonds is 3. The zero-order valence-corrected chi connectivity index (χ0v) is 14.8. The summed E-state index contributed by atoms with van der Waals surface area (Å²) in [5.41, 5.74) is 2.10. The van der Waals surface area contributed by atoms with Crippen LogP contribution < -0.4 is 9.80 Å². The Morgan fingerprint density at radius 1 is 0.885 bits per heavy atom. The molecule has 2 aliphatic rings. The van der Waals surface area contributed by atoms with Crippen molar-refractivity contribution in [2.24, 2.45) is 0 Å². The molecular weight excluding hydrogens is 326 g/mol. The van der Waals surface area contributed by atoms with Gasteiger partial charge in [0.05, 0.1) is 17.8 Å². The molecule has 4 rings (SSSR count). The van der Waals surface area contributed by atoms with E-state index in [0.29, 0.717) is 17.8 Å². The molecule has 0 radical (unpaired) electrons. The summed E-state index contributed by atoms with van der Waals surface area (Å²) < 4.78 is 0. The Labute approximate surface area is 153 Å². The summed E-state index contributed by atoms with van der Waals surface area (Å²) in [6.45, 7) is 2.61. The quantitative estimate of drug-likeness (QED) is 0.855. The lowest BCUT2D eigenvalue weighted by molar-refractivity contribution is -0.120. The molecule has 0 atom stereocenters. The van der Waals surface area contributed by atoms with Gasteiger partial charge < -0.3 is 0 Å². The second kappa shape index (κ2) is 7.30. The topological polar surface area (TPSA) is 43.9 Å². The van der Waals surface area contributed by atoms with Gasteiger partial charge in [0.2, 0.25) is 5.91 Å². The number of nitrogens with zero attached hydrogens (tertiary/aromatic N) is 3. The van der Waals surface area contributed by atoms with Crippen LogP contribution in [0.5, 0.6) is 0 Å². The molecule has 2 aromatic carbocycles. The number of anilines is 2. The molecule has 5 heteroatoms. The minimum absolute atomic E-state index is 0.0489. The molecule has 0 aromatic heterocycles. The Kier molecular flexibility index (Phi) is 4.71. The van der Waals surface area contributed by atoms with Gasteiger partial charge in [0.1, 0.15) is 6.67 Å². The maximum Gasteiger partial charge on any atom is 0.261 e. The zero-order chi connectivity index (χ0) is 17.9. The lowest BCUT2D eigenvalue weighted by atomic mass is 10.1. The fraction of sp³-hybridized carbons (Fsp3) is 0.333. The van der Waals surface area contributed by atoms with E-state index in [2.05, 4.69) is 4.90 Å². The molecule has 2 aromatic rings. The molecule has 0 bridgehead atoms. The average molecular weight is 349 g/mol. The number of piperidine rings is 1. The smallest absolute Gasteiger partial charge is 0.261 e. The first-order chi connectivity index (χ1) is 12.7. The number of amides is 2. The van der Waals surface area contributed by atoms with Crippen molar-refractivity contribution < 1.29 is 9.59 Å². The average Bonchev–Trinajstić information content (AvgIpc) is 2.70. The van der Waals surface area contributed by atoms with Crippen LogP contribution in [0.1, 0.15) is 29.6 Å². The first-order valence-electron chi connectivity index (χ1n) is 9.23. The summed E-state index contributed by atoms with van der Waals surface area (Å²) in [5, 5.41) is 0. The standard InChI is InChI=1S/C21H23N3O2/c25-20(15-22-13-7-2-8-14-22)24-16-23(17-9-3-1-4-10-17)21(26)18-11-5-6-12-19(18)24/h1,3-6,9-12H,2,7-8,13-16H2. The van der Waals surface area contributed by atoms with E-state index >= 15 is 0 Å². The number of carbonyl (C=O) groups is 2. The molecular formula is C21H23N3O2. The molecule has 1 saturated heterocycles. The zero-order valence-electron chi connectivity index (χ0n) is 14.8. The van der Waals surface area contributed by atoms with Gasteiger partial charge in [-0.3, -0.25) is 24.3 Å². The Hall–Kier alpha value is -2.66. The van der Waals surface area contributed by atoms with Crippen molar-refractivity contribution in [3.63, 3.8) is 0 Å². The summed E-state index contributed by atoms with van der Waals surface area (Å²) in [6.07, 6.45) is 3.55. The molecule has 0 spiro atoms. The van der Waals surface area contributed by atoms with E-state index in [1.807, 2.05) is 48.5 Å². The number of para-hydroxylation sites is 2. The monoisotopic (exact) mass is 349 g/mol. The summed E-state index contributed by atoms with van der Waals surface area (Å²) in [7, 11) is 0. The first-order valence-corrected chi connectivity index (χ1v) is 9.23. The molecule has 2 amide bonds. The summed E-state index contributed by atoms with van der Waals surface area (Å²) >= 11 is 0. The van der Waals surface area contributed by atoms with Crippen LogP contribution in [-0.4, -0.2) is 43.0 Å². The summed E-state index contributed by atoms with van der Waals surface area (Å²) in [6, 6.07) is 16.9. The van der Waals surface area contributed by atoms with Crippen molar-refractivity contribution in [3.8, 4) is 0 Å². The van der Waals surface area contributed by atoms with Crippen molar-refractivity contribution in [1.29, 1.82) is 0 Å². The predicted octanol–water partition coefficient (Wildman–Crippen LogP) is 3.12. The fourth-order valence-electron chi connectivity index (χ4n) is 3.73. The van der Waals surface area contributed by atoms with E-state index in [4.69, 9.17) is 0 Å². The first kappa shape index (κ1) is 16.8. The molecule has 2 aliphatic heterocycles. The highest BCUT2D eigenvalue weighted by molar-refractivity contribution is 6.15. The molecule has 134 valence electrons. The van der Waals surface area contributed by atoms with E-state index < -0.39 is 0 Å². The van der Waals surface area contributed by atoms with Crippen LogP contribution in [0.15, 0.2) is 54.6 Å². The van der Waals surface area contributed by atoms with E-state index in [1.54, 1.807) is 15.9 Å². The number of benzene rings is 2. The minimum Gasteiger partial charge on any atom is -0.294 e. The third kappa shape index (κ3) is 3.22. The molecule has 0 aliphatic carbocycles. The fourth-order valence-corrected chi connectivity index (χ4v) is 3.73. The van der Waals surface area contributed by atoms with Gasteiger partial charge in [-0.2, -0.15) is 0 Å². The van der Waals surface area contributed by atoms with Gasteiger partial charge in [0.15, 0.2) is 0 Å². The maximum atomic E-state index is 13.1. The van der Waals surface area contributed by atoms with Crippen molar-refractivity contribution >= 4 is 23.2 Å². The van der Waals surface area contributed by atoms with E-state index in [1.165, 1.54) is 6.42 Å². The lowest BCUT2D eigenvalue weighted by Crippen LogP contribution is -2.52. The molecule has 0 saturated carbocycles. The Bertz CT molecular complexity index is 800. The predicted molar refractivity (Wildman–Crippen MR) is 102 cm³/mol. The van der Waals surface area contributed by atoms with Crippen molar-refractivity contribution in [2.45, 2.75) is 19.3 Å². The Morgan fingerprint density at radius 3 is 2.35 bits per heavy atom. The number of fused-ring (bicyclic) bond motifs is 1. The highest BCUT2D eigenvalue weighted by Crippen LogP contribution is 2.30. The van der Waals surface area contributed by atoms with Crippen LogP contribution in [0.2, 0.25) is 0 Å². The van der Waals surface area contributed by atoms with Gasteiger partial charge in [-0.15, -0.1) is 0 Å². The number of hydrogen-bond donors (Lipinski definition) is 0. The molecule has 5 nitrogen and oxygen atoms in total. The van der Waals surface area contributed by atoms with E-state index in [9.17, 15) is 9.59 Å². The Balaban J connectivity index is 1.63. The number of carbonyl (C=O) groups excluding carboxylic acids is 2. The number of likely N-dealkylation sites (tertiary alicyclic amines) is 1. The van der Waals surface area contributed by atoms with E-state index in [0.717, 1.165) is 31.6 Å². The van der Waals surface area contributed by atoms with Gasteiger partial charge in [-0.05, 0) is 50.2 Å². The van der Waals surface area contributed by atoms with E-state index in [-0.39, 0.29) is 18.5 Å². The highest BCUT2D eigenvalue weighted by atomic mass is 16.2. The third-order valence-corrected chi connectivity index (χ3v) is 5.13. The summed E-state index contributed by atoms with van der Waals surface area (Å²) in [4.78, 5) is 31.7. The third-order valence-electron chi connectivity index (χ3n) is 5.13. The molecule has 0 N–H and O–H groups in total. The van der Waals surface area contributed by atoms with Gasteiger partial charge in [-0.1, -0.05) is 36.8 Å². The lowest BCUT2D eigenvalue weighted by Gasteiger charge is -2.38. The van der Waals surface area contributed by atoms with Crippen molar-refractivity contribution in [3.05, 3.63) is 60.2 Å². The molecule has 1 fully saturated rings. The molecule has 26 heavy (non-hydrogen) atoms. The van der Waals surface area contributed by atoms with Crippen LogP contribution in [-0.2, 0) is 4.79 Å². The largest absolute Gasteiger partial charge is 0.294 e. The van der Waals surface area contributed by atoms with Gasteiger partial charge in [-0.25, -0.2) is 0 Å². The molecule has 0 unspecified atom stereocenters. The summed E-state index contributed by atoms with van der Waals surface area (Å²) in [5.74, 6) is -0.0124. The normalized spacial score (nSPS) is 17.9. The van der Waals surface area contributed by atoms with Crippen LogP contribution in [0.4, 0.5) is 11.4 Å². The SMILES string of the molecule is O=C1c2ccccc2N(C(=O)CN2CCCCC2)CN1c1ccccc1. The molecule has 2 heterocycles. The second-order valence-electron chi connectivity index (χ2n) is 6.89. The Morgan fingerprint density at radius 2 is 1.58 bits per heavy atom. The minimum atomic E-state index is -0.0613. The van der Waals surface area contributed by atoms with Gasteiger partial charge in [0.25, 0.3) is 5.91 Å². The van der Waals surface area contributed by atoms with Gasteiger partial charge >= 0.3 is 0 Å². The van der Waals surface area contributed by atoms with Gasteiger partial charge in [0, 0.05) is 5.69 Å². The maximum absolute atomic E-state index is 13.1. The van der Waals surface area contributed by atoms with Crippen LogP contribution in [0.25, 0.3) is 0 Å². The van der Waals surface area contributed by atoms with Crippen molar-refractivity contribution in [2.75, 3.05) is 36.1 Å². The number of hydrogen-bond acceptors (Lipinski definition) is 3.